The van der Waals surface area contributed by atoms with Gasteiger partial charge in [-0.05, 0) is 42.8 Å². The van der Waals surface area contributed by atoms with E-state index < -0.39 is 0 Å². The number of fused-ring (bicyclic) bond motifs is 3. The smallest absolute Gasteiger partial charge is 0.291 e. The van der Waals surface area contributed by atoms with Crippen molar-refractivity contribution in [1.29, 1.82) is 0 Å². The SMILES string of the molecule is CCc1nn(CC(=O)N[C@@H](C)CCc2ccccc2)c(=O)c2cc3sccc3n12. The molecule has 150 valence electrons. The Morgan fingerprint density at radius 2 is 2.00 bits per heavy atom. The zero-order chi connectivity index (χ0) is 20.4. The molecule has 4 rings (SSSR count). The first kappa shape index (κ1) is 19.4. The summed E-state index contributed by atoms with van der Waals surface area (Å²) in [6.45, 7) is 3.91. The normalized spacial score (nSPS) is 12.5. The van der Waals surface area contributed by atoms with Crippen molar-refractivity contribution in [1.82, 2.24) is 19.5 Å². The zero-order valence-corrected chi connectivity index (χ0v) is 17.4. The number of nitrogens with zero attached hydrogens (tertiary/aromatic N) is 3. The highest BCUT2D eigenvalue weighted by Gasteiger charge is 2.16. The monoisotopic (exact) mass is 408 g/mol. The Labute approximate surface area is 172 Å². The zero-order valence-electron chi connectivity index (χ0n) is 16.6. The fourth-order valence-corrected chi connectivity index (χ4v) is 4.42. The third-order valence-corrected chi connectivity index (χ3v) is 5.95. The molecule has 1 N–H and O–H groups in total. The molecule has 0 saturated carbocycles. The molecule has 1 atom stereocenters. The van der Waals surface area contributed by atoms with Gasteiger partial charge in [0.1, 0.15) is 17.9 Å². The molecule has 0 radical (unpaired) electrons. The largest absolute Gasteiger partial charge is 0.352 e. The fourth-order valence-electron chi connectivity index (χ4n) is 3.62. The number of thiophene rings is 1. The highest BCUT2D eigenvalue weighted by molar-refractivity contribution is 7.17. The molecule has 29 heavy (non-hydrogen) atoms. The Balaban J connectivity index is 1.49. The molecule has 0 saturated heterocycles. The summed E-state index contributed by atoms with van der Waals surface area (Å²) < 4.78 is 4.25. The lowest BCUT2D eigenvalue weighted by atomic mass is 10.1. The molecule has 0 fully saturated rings. The van der Waals surface area contributed by atoms with E-state index in [1.165, 1.54) is 10.2 Å². The summed E-state index contributed by atoms with van der Waals surface area (Å²) in [4.78, 5) is 25.4. The minimum atomic E-state index is -0.238. The van der Waals surface area contributed by atoms with Gasteiger partial charge in [-0.1, -0.05) is 37.3 Å². The van der Waals surface area contributed by atoms with Gasteiger partial charge in [0.25, 0.3) is 5.56 Å². The van der Waals surface area contributed by atoms with Crippen LogP contribution in [0, 0.1) is 0 Å². The highest BCUT2D eigenvalue weighted by Crippen LogP contribution is 2.24. The van der Waals surface area contributed by atoms with Crippen molar-refractivity contribution < 1.29 is 4.79 Å². The lowest BCUT2D eigenvalue weighted by Gasteiger charge is -2.15. The lowest BCUT2D eigenvalue weighted by molar-refractivity contribution is -0.122. The predicted octanol–water partition coefficient (Wildman–Crippen LogP) is 3.41. The number of hydrogen-bond donors (Lipinski definition) is 1. The number of nitrogens with one attached hydrogen (secondary N) is 1. The number of rotatable bonds is 7. The van der Waals surface area contributed by atoms with Crippen molar-refractivity contribution in [3.63, 3.8) is 0 Å². The maximum absolute atomic E-state index is 12.9. The summed E-state index contributed by atoms with van der Waals surface area (Å²) in [5, 5.41) is 9.47. The molecule has 0 spiro atoms. The van der Waals surface area contributed by atoms with Gasteiger partial charge in [-0.25, -0.2) is 4.68 Å². The number of aromatic nitrogens is 3. The Bertz CT molecular complexity index is 1210. The summed E-state index contributed by atoms with van der Waals surface area (Å²) in [7, 11) is 0. The van der Waals surface area contributed by atoms with Crippen LogP contribution in [0.1, 0.15) is 31.7 Å². The molecule has 1 aromatic carbocycles. The van der Waals surface area contributed by atoms with Crippen molar-refractivity contribution in [3.8, 4) is 0 Å². The third kappa shape index (κ3) is 3.96. The summed E-state index contributed by atoms with van der Waals surface area (Å²) in [5.74, 6) is 0.581. The molecular weight excluding hydrogens is 384 g/mol. The number of aryl methyl sites for hydroxylation is 2. The molecule has 4 aromatic rings. The topological polar surface area (TPSA) is 68.4 Å². The van der Waals surface area contributed by atoms with Crippen molar-refractivity contribution >= 4 is 33.0 Å². The molecule has 3 aromatic heterocycles. The molecule has 0 bridgehead atoms. The average Bonchev–Trinajstić information content (AvgIpc) is 3.31. The maximum Gasteiger partial charge on any atom is 0.291 e. The number of carbonyl (C=O) groups excluding carboxylic acids is 1. The highest BCUT2D eigenvalue weighted by atomic mass is 32.1. The first-order valence-electron chi connectivity index (χ1n) is 9.88. The second-order valence-corrected chi connectivity index (χ2v) is 8.21. The Hall–Kier alpha value is -2.93. The molecule has 0 unspecified atom stereocenters. The molecule has 1 amide bonds. The maximum atomic E-state index is 12.9. The minimum Gasteiger partial charge on any atom is -0.352 e. The molecular formula is C22H24N4O2S. The number of amides is 1. The van der Waals surface area contributed by atoms with Crippen LogP contribution in [0.2, 0.25) is 0 Å². The van der Waals surface area contributed by atoms with E-state index >= 15 is 0 Å². The van der Waals surface area contributed by atoms with E-state index in [-0.39, 0.29) is 24.1 Å². The quantitative estimate of drug-likeness (QED) is 0.510. The number of hydrogen-bond acceptors (Lipinski definition) is 4. The van der Waals surface area contributed by atoms with Crippen molar-refractivity contribution in [3.05, 3.63) is 69.6 Å². The Morgan fingerprint density at radius 3 is 2.76 bits per heavy atom. The van der Waals surface area contributed by atoms with Crippen molar-refractivity contribution in [2.75, 3.05) is 0 Å². The van der Waals surface area contributed by atoms with Gasteiger partial charge in [-0.2, -0.15) is 5.10 Å². The van der Waals surface area contributed by atoms with E-state index in [9.17, 15) is 9.59 Å². The van der Waals surface area contributed by atoms with Crippen LogP contribution in [0.25, 0.3) is 15.7 Å². The van der Waals surface area contributed by atoms with E-state index in [4.69, 9.17) is 0 Å². The van der Waals surface area contributed by atoms with Crippen LogP contribution in [0.5, 0.6) is 0 Å². The van der Waals surface area contributed by atoms with E-state index in [2.05, 4.69) is 22.5 Å². The van der Waals surface area contributed by atoms with Gasteiger partial charge in [-0.3, -0.25) is 14.0 Å². The molecule has 0 aliphatic carbocycles. The van der Waals surface area contributed by atoms with E-state index in [0.717, 1.165) is 28.9 Å². The van der Waals surface area contributed by atoms with Crippen LogP contribution in [-0.2, 0) is 24.2 Å². The summed E-state index contributed by atoms with van der Waals surface area (Å²) in [5.41, 5.74) is 2.58. The number of carbonyl (C=O) groups is 1. The number of benzene rings is 1. The molecule has 0 aliphatic rings. The van der Waals surface area contributed by atoms with Crippen LogP contribution in [0.3, 0.4) is 0 Å². The second kappa shape index (κ2) is 8.21. The van der Waals surface area contributed by atoms with E-state index in [1.54, 1.807) is 11.3 Å². The Kier molecular flexibility index (Phi) is 5.49. The minimum absolute atomic E-state index is 0.0198. The summed E-state index contributed by atoms with van der Waals surface area (Å²) >= 11 is 1.60. The standard InChI is InChI=1S/C22H24N4O2S/c1-3-20-24-25(22(28)18-13-19-17(26(18)20)11-12-29-19)14-21(27)23-15(2)9-10-16-7-5-4-6-8-16/h4-8,11-13,15H,3,9-10,14H2,1-2H3,(H,23,27)/t15-/m0/s1. The van der Waals surface area contributed by atoms with Gasteiger partial charge < -0.3 is 5.32 Å². The van der Waals surface area contributed by atoms with Gasteiger partial charge >= 0.3 is 0 Å². The first-order valence-corrected chi connectivity index (χ1v) is 10.8. The predicted molar refractivity (Wildman–Crippen MR) is 117 cm³/mol. The van der Waals surface area contributed by atoms with E-state index in [1.807, 2.05) is 54.0 Å². The summed E-state index contributed by atoms with van der Waals surface area (Å²) in [6, 6.07) is 14.1. The van der Waals surface area contributed by atoms with Gasteiger partial charge in [-0.15, -0.1) is 11.3 Å². The van der Waals surface area contributed by atoms with Gasteiger partial charge in [0.15, 0.2) is 0 Å². The van der Waals surface area contributed by atoms with Crippen LogP contribution >= 0.6 is 11.3 Å². The lowest BCUT2D eigenvalue weighted by Crippen LogP contribution is -2.39. The molecule has 0 aliphatic heterocycles. The van der Waals surface area contributed by atoms with Gasteiger partial charge in [0, 0.05) is 12.5 Å². The molecule has 7 heteroatoms. The fraction of sp³-hybridized carbons (Fsp3) is 0.318. The third-order valence-electron chi connectivity index (χ3n) is 5.10. The molecule has 3 heterocycles. The van der Waals surface area contributed by atoms with Crippen LogP contribution in [0.4, 0.5) is 0 Å². The average molecular weight is 409 g/mol. The van der Waals surface area contributed by atoms with Crippen LogP contribution in [-0.4, -0.2) is 26.1 Å². The van der Waals surface area contributed by atoms with Crippen LogP contribution in [0.15, 0.2) is 52.6 Å². The van der Waals surface area contributed by atoms with Crippen molar-refractivity contribution in [2.45, 2.75) is 45.7 Å². The van der Waals surface area contributed by atoms with Crippen molar-refractivity contribution in [2.24, 2.45) is 0 Å². The first-order chi connectivity index (χ1) is 14.1. The van der Waals surface area contributed by atoms with Gasteiger partial charge in [0.2, 0.25) is 5.91 Å². The van der Waals surface area contributed by atoms with Gasteiger partial charge in [0.05, 0.1) is 10.2 Å². The van der Waals surface area contributed by atoms with Crippen LogP contribution < -0.4 is 10.9 Å². The second-order valence-electron chi connectivity index (χ2n) is 7.26. The molecule has 6 nitrogen and oxygen atoms in total. The Morgan fingerprint density at radius 1 is 1.21 bits per heavy atom. The summed E-state index contributed by atoms with van der Waals surface area (Å²) in [6.07, 6.45) is 2.41. The van der Waals surface area contributed by atoms with E-state index in [0.29, 0.717) is 11.9 Å².